The fourth-order valence-electron chi connectivity index (χ4n) is 4.76. The monoisotopic (exact) mass is 357 g/mol. The van der Waals surface area contributed by atoms with Crippen LogP contribution in [0, 0.1) is 0 Å². The zero-order valence-electron chi connectivity index (χ0n) is 15.7. The molecule has 0 aromatic heterocycles. The Bertz CT molecular complexity index is 596. The van der Waals surface area contributed by atoms with Crippen molar-refractivity contribution in [1.29, 1.82) is 0 Å². The zero-order chi connectivity index (χ0) is 17.8. The summed E-state index contributed by atoms with van der Waals surface area (Å²) < 4.78 is 5.40. The summed E-state index contributed by atoms with van der Waals surface area (Å²) in [5.41, 5.74) is 2.32. The normalized spacial score (nSPS) is 23.5. The zero-order valence-corrected chi connectivity index (χ0v) is 15.7. The molecule has 5 heteroatoms. The van der Waals surface area contributed by atoms with Crippen LogP contribution in [0.15, 0.2) is 24.3 Å². The van der Waals surface area contributed by atoms with Crippen LogP contribution in [0.25, 0.3) is 0 Å². The Morgan fingerprint density at radius 1 is 1.00 bits per heavy atom. The van der Waals surface area contributed by atoms with Crippen molar-refractivity contribution in [2.75, 3.05) is 52.5 Å². The Balaban J connectivity index is 1.44. The summed E-state index contributed by atoms with van der Waals surface area (Å²) in [6.07, 6.45) is 5.41. The van der Waals surface area contributed by atoms with Crippen molar-refractivity contribution in [2.45, 2.75) is 37.6 Å². The van der Waals surface area contributed by atoms with Crippen molar-refractivity contribution < 1.29 is 9.53 Å². The summed E-state index contributed by atoms with van der Waals surface area (Å²) in [6.45, 7) is 7.29. The van der Waals surface area contributed by atoms with Crippen LogP contribution in [-0.2, 0) is 22.4 Å². The molecule has 1 aromatic carbocycles. The van der Waals surface area contributed by atoms with E-state index in [1.165, 1.54) is 30.4 Å². The van der Waals surface area contributed by atoms with Gasteiger partial charge in [-0.15, -0.1) is 0 Å². The Morgan fingerprint density at radius 3 is 2.31 bits per heavy atom. The summed E-state index contributed by atoms with van der Waals surface area (Å²) in [4.78, 5) is 18.2. The molecule has 4 rings (SSSR count). The molecule has 0 bridgehead atoms. The van der Waals surface area contributed by atoms with Crippen LogP contribution in [0.5, 0.6) is 0 Å². The molecule has 5 nitrogen and oxygen atoms in total. The molecule has 2 aliphatic heterocycles. The topological polar surface area (TPSA) is 44.8 Å². The molecule has 0 atom stereocenters. The van der Waals surface area contributed by atoms with Gasteiger partial charge in [0.25, 0.3) is 0 Å². The van der Waals surface area contributed by atoms with Crippen LogP contribution < -0.4 is 5.32 Å². The Labute approximate surface area is 156 Å². The minimum absolute atomic E-state index is 0.226. The van der Waals surface area contributed by atoms with E-state index in [-0.39, 0.29) is 11.4 Å². The van der Waals surface area contributed by atoms with Crippen LogP contribution in [0.1, 0.15) is 30.4 Å². The van der Waals surface area contributed by atoms with Gasteiger partial charge < -0.3 is 10.1 Å². The van der Waals surface area contributed by atoms with E-state index >= 15 is 0 Å². The second kappa shape index (κ2) is 8.07. The second-order valence-corrected chi connectivity index (χ2v) is 7.91. The predicted molar refractivity (Wildman–Crippen MR) is 102 cm³/mol. The molecule has 1 N–H and O–H groups in total. The van der Waals surface area contributed by atoms with Gasteiger partial charge in [0.2, 0.25) is 5.91 Å². The lowest BCUT2D eigenvalue weighted by Crippen LogP contribution is -2.61. The van der Waals surface area contributed by atoms with Crippen LogP contribution in [-0.4, -0.2) is 73.7 Å². The molecule has 142 valence electrons. The number of morpholine rings is 1. The van der Waals surface area contributed by atoms with E-state index in [1.807, 2.05) is 0 Å². The van der Waals surface area contributed by atoms with Gasteiger partial charge in [-0.3, -0.25) is 14.6 Å². The predicted octanol–water partition coefficient (Wildman–Crippen LogP) is 1.46. The van der Waals surface area contributed by atoms with Crippen LogP contribution in [0.2, 0.25) is 0 Å². The number of amides is 1. The van der Waals surface area contributed by atoms with Crippen molar-refractivity contribution in [3.63, 3.8) is 0 Å². The molecule has 0 unspecified atom stereocenters. The lowest BCUT2D eigenvalue weighted by molar-refractivity contribution is -0.134. The van der Waals surface area contributed by atoms with Crippen molar-refractivity contribution in [3.8, 4) is 0 Å². The van der Waals surface area contributed by atoms with E-state index in [0.717, 1.165) is 65.3 Å². The number of benzene rings is 1. The molecule has 2 fully saturated rings. The molecular weight excluding hydrogens is 326 g/mol. The smallest absolute Gasteiger partial charge is 0.241 e. The third-order valence-electron chi connectivity index (χ3n) is 6.29. The summed E-state index contributed by atoms with van der Waals surface area (Å²) in [5, 5.41) is 3.28. The molecule has 0 saturated carbocycles. The summed E-state index contributed by atoms with van der Waals surface area (Å²) in [5.74, 6) is 0.226. The number of rotatable bonds is 5. The number of likely N-dealkylation sites (tertiary alicyclic amines) is 1. The van der Waals surface area contributed by atoms with E-state index in [4.69, 9.17) is 4.74 Å². The number of nitrogens with zero attached hydrogens (tertiary/aromatic N) is 2. The highest BCUT2D eigenvalue weighted by Crippen LogP contribution is 2.36. The first-order valence-corrected chi connectivity index (χ1v) is 10.2. The van der Waals surface area contributed by atoms with Gasteiger partial charge in [-0.2, -0.15) is 0 Å². The lowest BCUT2D eigenvalue weighted by atomic mass is 9.89. The molecule has 1 amide bonds. The average Bonchev–Trinajstić information content (AvgIpc) is 3.10. The SMILES string of the molecule is O=C(NCCN1CCOCC1)C1(N2CCCCC2)Cc2ccccc2C1. The molecule has 1 aromatic rings. The van der Waals surface area contributed by atoms with Crippen molar-refractivity contribution in [3.05, 3.63) is 35.4 Å². The number of piperidine rings is 1. The number of carbonyl (C=O) groups is 1. The van der Waals surface area contributed by atoms with E-state index in [9.17, 15) is 4.79 Å². The van der Waals surface area contributed by atoms with Crippen molar-refractivity contribution >= 4 is 5.91 Å². The van der Waals surface area contributed by atoms with E-state index in [0.29, 0.717) is 0 Å². The van der Waals surface area contributed by atoms with Gasteiger partial charge >= 0.3 is 0 Å². The molecule has 0 radical (unpaired) electrons. The molecule has 0 spiro atoms. The molecule has 26 heavy (non-hydrogen) atoms. The molecule has 2 heterocycles. The van der Waals surface area contributed by atoms with Gasteiger partial charge in [0, 0.05) is 39.0 Å². The maximum Gasteiger partial charge on any atom is 0.241 e. The third-order valence-corrected chi connectivity index (χ3v) is 6.29. The number of hydrogen-bond donors (Lipinski definition) is 1. The largest absolute Gasteiger partial charge is 0.379 e. The van der Waals surface area contributed by atoms with Crippen LogP contribution in [0.4, 0.5) is 0 Å². The summed E-state index contributed by atoms with van der Waals surface area (Å²) in [7, 11) is 0. The number of hydrogen-bond acceptors (Lipinski definition) is 4. The summed E-state index contributed by atoms with van der Waals surface area (Å²) >= 11 is 0. The quantitative estimate of drug-likeness (QED) is 0.867. The molecule has 1 aliphatic carbocycles. The number of fused-ring (bicyclic) bond motifs is 1. The second-order valence-electron chi connectivity index (χ2n) is 7.91. The lowest BCUT2D eigenvalue weighted by Gasteiger charge is -2.42. The van der Waals surface area contributed by atoms with Gasteiger partial charge in [-0.1, -0.05) is 30.7 Å². The van der Waals surface area contributed by atoms with Gasteiger partial charge in [-0.05, 0) is 37.1 Å². The summed E-state index contributed by atoms with van der Waals surface area (Å²) in [6, 6.07) is 8.59. The highest BCUT2D eigenvalue weighted by molar-refractivity contribution is 5.88. The van der Waals surface area contributed by atoms with Crippen LogP contribution >= 0.6 is 0 Å². The van der Waals surface area contributed by atoms with E-state index in [1.54, 1.807) is 0 Å². The van der Waals surface area contributed by atoms with Gasteiger partial charge in [0.15, 0.2) is 0 Å². The highest BCUT2D eigenvalue weighted by atomic mass is 16.5. The Morgan fingerprint density at radius 2 is 1.65 bits per heavy atom. The van der Waals surface area contributed by atoms with Gasteiger partial charge in [0.05, 0.1) is 13.2 Å². The minimum Gasteiger partial charge on any atom is -0.379 e. The van der Waals surface area contributed by atoms with Crippen molar-refractivity contribution in [1.82, 2.24) is 15.1 Å². The first-order valence-electron chi connectivity index (χ1n) is 10.2. The van der Waals surface area contributed by atoms with E-state index in [2.05, 4.69) is 39.4 Å². The Hall–Kier alpha value is -1.43. The fraction of sp³-hybridized carbons (Fsp3) is 0.667. The maximum atomic E-state index is 13.4. The van der Waals surface area contributed by atoms with Gasteiger partial charge in [-0.25, -0.2) is 0 Å². The highest BCUT2D eigenvalue weighted by Gasteiger charge is 2.48. The standard InChI is InChI=1S/C21H31N3O2/c25-20(22-8-11-23-12-14-26-15-13-23)21(24-9-4-1-5-10-24)16-18-6-2-3-7-19(18)17-21/h2-3,6-7H,1,4-5,8-17H2,(H,22,25). The molecule has 2 saturated heterocycles. The van der Waals surface area contributed by atoms with Gasteiger partial charge in [0.1, 0.15) is 5.54 Å². The molecule has 3 aliphatic rings. The number of carbonyl (C=O) groups excluding carboxylic acids is 1. The molecular formula is C21H31N3O2. The first kappa shape index (κ1) is 18.0. The first-order chi connectivity index (χ1) is 12.8. The third kappa shape index (κ3) is 3.66. The number of nitrogens with one attached hydrogen (secondary N) is 1. The van der Waals surface area contributed by atoms with Crippen molar-refractivity contribution in [2.24, 2.45) is 0 Å². The minimum atomic E-state index is -0.380. The fourth-order valence-corrected chi connectivity index (χ4v) is 4.76. The Kier molecular flexibility index (Phi) is 5.57. The van der Waals surface area contributed by atoms with E-state index < -0.39 is 0 Å². The number of ether oxygens (including phenoxy) is 1. The van der Waals surface area contributed by atoms with Crippen LogP contribution in [0.3, 0.4) is 0 Å². The maximum absolute atomic E-state index is 13.4. The average molecular weight is 357 g/mol.